The van der Waals surface area contributed by atoms with Crippen LogP contribution in [0.1, 0.15) is 31.1 Å². The van der Waals surface area contributed by atoms with Crippen LogP contribution in [0.4, 0.5) is 5.69 Å². The third kappa shape index (κ3) is 4.67. The zero-order valence-corrected chi connectivity index (χ0v) is 17.8. The molecule has 1 aliphatic rings. The number of anilines is 1. The summed E-state index contributed by atoms with van der Waals surface area (Å²) in [6, 6.07) is 12.3. The summed E-state index contributed by atoms with van der Waals surface area (Å²) in [6.45, 7) is 7.14. The van der Waals surface area contributed by atoms with Crippen molar-refractivity contribution in [3.05, 3.63) is 48.0 Å². The van der Waals surface area contributed by atoms with E-state index in [0.29, 0.717) is 47.6 Å². The van der Waals surface area contributed by atoms with Crippen LogP contribution >= 0.6 is 0 Å². The Kier molecular flexibility index (Phi) is 6.82. The van der Waals surface area contributed by atoms with Gasteiger partial charge in [-0.15, -0.1) is 0 Å². The molecule has 7 heteroatoms. The molecule has 1 N–H and O–H groups in total. The lowest BCUT2D eigenvalue weighted by Crippen LogP contribution is -2.50. The number of para-hydroxylation sites is 2. The Morgan fingerprint density at radius 1 is 1.17 bits per heavy atom. The van der Waals surface area contributed by atoms with E-state index in [1.807, 2.05) is 19.1 Å². The molecule has 0 saturated carbocycles. The molecule has 0 aliphatic carbocycles. The van der Waals surface area contributed by atoms with Crippen LogP contribution < -0.4 is 24.4 Å². The molecule has 0 bridgehead atoms. The van der Waals surface area contributed by atoms with Gasteiger partial charge in [0.2, 0.25) is 0 Å². The van der Waals surface area contributed by atoms with Gasteiger partial charge in [-0.25, -0.2) is 0 Å². The summed E-state index contributed by atoms with van der Waals surface area (Å²) >= 11 is 0. The maximum absolute atomic E-state index is 13.4. The lowest BCUT2D eigenvalue weighted by Gasteiger charge is -2.34. The Morgan fingerprint density at radius 2 is 1.93 bits per heavy atom. The third-order valence-corrected chi connectivity index (χ3v) is 4.62. The van der Waals surface area contributed by atoms with Crippen molar-refractivity contribution < 1.29 is 23.8 Å². The number of amides is 2. The van der Waals surface area contributed by atoms with Crippen molar-refractivity contribution >= 4 is 17.5 Å². The molecule has 0 saturated heterocycles. The zero-order chi connectivity index (χ0) is 21.7. The number of likely N-dealkylation sites (N-methyl/N-ethyl adjacent to an activating group) is 1. The van der Waals surface area contributed by atoms with Gasteiger partial charge in [-0.1, -0.05) is 26.0 Å². The predicted molar refractivity (Wildman–Crippen MR) is 115 cm³/mol. The van der Waals surface area contributed by atoms with Gasteiger partial charge in [-0.05, 0) is 43.2 Å². The van der Waals surface area contributed by atoms with E-state index in [0.717, 1.165) is 0 Å². The minimum Gasteiger partial charge on any atom is -0.490 e. The van der Waals surface area contributed by atoms with E-state index in [9.17, 15) is 9.59 Å². The van der Waals surface area contributed by atoms with E-state index in [-0.39, 0.29) is 18.4 Å². The largest absolute Gasteiger partial charge is 0.490 e. The predicted octanol–water partition coefficient (Wildman–Crippen LogP) is 3.27. The highest BCUT2D eigenvalue weighted by molar-refractivity contribution is 6.08. The van der Waals surface area contributed by atoms with Gasteiger partial charge in [0.1, 0.15) is 5.75 Å². The molecule has 2 aromatic rings. The van der Waals surface area contributed by atoms with Gasteiger partial charge in [-0.2, -0.15) is 0 Å². The van der Waals surface area contributed by atoms with E-state index in [4.69, 9.17) is 14.2 Å². The molecular weight excluding hydrogens is 384 g/mol. The number of nitrogens with one attached hydrogen (secondary N) is 1. The van der Waals surface area contributed by atoms with Crippen LogP contribution in [0, 0.1) is 5.92 Å². The van der Waals surface area contributed by atoms with Gasteiger partial charge in [0.25, 0.3) is 11.8 Å². The number of nitrogens with zero attached hydrogens (tertiary/aromatic N) is 1. The summed E-state index contributed by atoms with van der Waals surface area (Å²) in [5.74, 6) is 1.46. The monoisotopic (exact) mass is 412 g/mol. The van der Waals surface area contributed by atoms with Crippen LogP contribution in [0.2, 0.25) is 0 Å². The molecule has 1 aliphatic heterocycles. The summed E-state index contributed by atoms with van der Waals surface area (Å²) in [4.78, 5) is 27.1. The fourth-order valence-corrected chi connectivity index (χ4v) is 3.17. The molecule has 0 fully saturated rings. The standard InChI is InChI=1S/C23H28N2O5/c1-5-28-20-12-16(10-11-19(20)29-14-15(2)3)23(27)25-13-21(22(26)24-4)30-18-9-7-6-8-17(18)25/h6-12,15,21H,5,13-14H2,1-4H3,(H,24,26)/t21-/m1/s1. The van der Waals surface area contributed by atoms with E-state index in [2.05, 4.69) is 19.2 Å². The number of hydrogen-bond acceptors (Lipinski definition) is 5. The summed E-state index contributed by atoms with van der Waals surface area (Å²) in [5.41, 5.74) is 1.07. The van der Waals surface area contributed by atoms with E-state index < -0.39 is 6.10 Å². The topological polar surface area (TPSA) is 77.1 Å². The molecule has 30 heavy (non-hydrogen) atoms. The minimum absolute atomic E-state index is 0.116. The van der Waals surface area contributed by atoms with Crippen LogP contribution in [0.25, 0.3) is 0 Å². The highest BCUT2D eigenvalue weighted by Gasteiger charge is 2.34. The lowest BCUT2D eigenvalue weighted by molar-refractivity contribution is -0.127. The second kappa shape index (κ2) is 9.52. The Balaban J connectivity index is 1.92. The smallest absolute Gasteiger partial charge is 0.262 e. The number of ether oxygens (including phenoxy) is 3. The molecule has 2 aromatic carbocycles. The zero-order valence-electron chi connectivity index (χ0n) is 17.8. The van der Waals surface area contributed by atoms with Gasteiger partial charge in [0.15, 0.2) is 17.6 Å². The Bertz CT molecular complexity index is 912. The highest BCUT2D eigenvalue weighted by Crippen LogP contribution is 2.35. The van der Waals surface area contributed by atoms with Crippen molar-refractivity contribution in [3.8, 4) is 17.2 Å². The number of benzene rings is 2. The molecule has 1 atom stereocenters. The fraction of sp³-hybridized carbons (Fsp3) is 0.391. The Morgan fingerprint density at radius 3 is 2.63 bits per heavy atom. The summed E-state index contributed by atoms with van der Waals surface area (Å²) in [5, 5.41) is 2.58. The van der Waals surface area contributed by atoms with Gasteiger partial charge >= 0.3 is 0 Å². The fourth-order valence-electron chi connectivity index (χ4n) is 3.17. The summed E-state index contributed by atoms with van der Waals surface area (Å²) < 4.78 is 17.3. The molecule has 1 heterocycles. The van der Waals surface area contributed by atoms with E-state index in [1.54, 1.807) is 42.3 Å². The van der Waals surface area contributed by atoms with Gasteiger partial charge in [0.05, 0.1) is 25.4 Å². The number of hydrogen-bond donors (Lipinski definition) is 1. The van der Waals surface area contributed by atoms with Crippen molar-refractivity contribution in [1.29, 1.82) is 0 Å². The van der Waals surface area contributed by atoms with Crippen LogP contribution in [0.3, 0.4) is 0 Å². The molecule has 3 rings (SSSR count). The van der Waals surface area contributed by atoms with Gasteiger partial charge in [0, 0.05) is 12.6 Å². The first kappa shape index (κ1) is 21.5. The second-order valence-electron chi connectivity index (χ2n) is 7.40. The maximum Gasteiger partial charge on any atom is 0.262 e. The quantitative estimate of drug-likeness (QED) is 0.755. The van der Waals surface area contributed by atoms with Crippen LogP contribution in [-0.4, -0.2) is 44.7 Å². The SMILES string of the molecule is CCOc1cc(C(=O)N2C[C@H](C(=O)NC)Oc3ccccc32)ccc1OCC(C)C. The number of rotatable bonds is 7. The molecule has 7 nitrogen and oxygen atoms in total. The second-order valence-corrected chi connectivity index (χ2v) is 7.40. The summed E-state index contributed by atoms with van der Waals surface area (Å²) in [7, 11) is 1.54. The van der Waals surface area contributed by atoms with E-state index >= 15 is 0 Å². The molecule has 2 amide bonds. The minimum atomic E-state index is -0.783. The van der Waals surface area contributed by atoms with Crippen LogP contribution in [0.15, 0.2) is 42.5 Å². The third-order valence-electron chi connectivity index (χ3n) is 4.62. The van der Waals surface area contributed by atoms with Crippen molar-refractivity contribution in [2.75, 3.05) is 31.7 Å². The molecule has 0 spiro atoms. The number of carbonyl (C=O) groups is 2. The Hall–Kier alpha value is -3.22. The number of carbonyl (C=O) groups excluding carboxylic acids is 2. The first-order valence-corrected chi connectivity index (χ1v) is 10.1. The van der Waals surface area contributed by atoms with Gasteiger partial charge in [-0.3, -0.25) is 9.59 Å². The van der Waals surface area contributed by atoms with Crippen molar-refractivity contribution in [3.63, 3.8) is 0 Å². The van der Waals surface area contributed by atoms with Crippen molar-refractivity contribution in [2.24, 2.45) is 5.92 Å². The molecule has 0 aromatic heterocycles. The van der Waals surface area contributed by atoms with Crippen LogP contribution in [0.5, 0.6) is 17.2 Å². The lowest BCUT2D eigenvalue weighted by atomic mass is 10.1. The number of fused-ring (bicyclic) bond motifs is 1. The first-order chi connectivity index (χ1) is 14.4. The van der Waals surface area contributed by atoms with Crippen LogP contribution in [-0.2, 0) is 4.79 Å². The first-order valence-electron chi connectivity index (χ1n) is 10.1. The van der Waals surface area contributed by atoms with Crippen molar-refractivity contribution in [2.45, 2.75) is 26.9 Å². The summed E-state index contributed by atoms with van der Waals surface area (Å²) in [6.07, 6.45) is -0.783. The maximum atomic E-state index is 13.4. The normalized spacial score (nSPS) is 15.2. The highest BCUT2D eigenvalue weighted by atomic mass is 16.5. The molecule has 0 unspecified atom stereocenters. The molecule has 160 valence electrons. The molecular formula is C23H28N2O5. The van der Waals surface area contributed by atoms with Crippen molar-refractivity contribution in [1.82, 2.24) is 5.32 Å². The van der Waals surface area contributed by atoms with E-state index in [1.165, 1.54) is 0 Å². The average Bonchev–Trinajstić information content (AvgIpc) is 2.76. The van der Waals surface area contributed by atoms with Gasteiger partial charge < -0.3 is 24.4 Å². The molecule has 0 radical (unpaired) electrons. The average molecular weight is 412 g/mol. The Labute approximate surface area is 176 Å².